The van der Waals surface area contributed by atoms with Crippen LogP contribution < -0.4 is 0 Å². The third-order valence-corrected chi connectivity index (χ3v) is 3.29. The molecule has 0 heterocycles. The summed E-state index contributed by atoms with van der Waals surface area (Å²) in [5.74, 6) is 0. The fourth-order valence-electron chi connectivity index (χ4n) is 1.19. The number of aliphatic hydroxyl groups excluding tert-OH is 1. The van der Waals surface area contributed by atoms with Crippen molar-refractivity contribution in [1.29, 1.82) is 0 Å². The Hall–Kier alpha value is 0.140. The molecule has 0 bridgehead atoms. The van der Waals surface area contributed by atoms with E-state index in [0.29, 0.717) is 0 Å². The average molecular weight is 322 g/mol. The average Bonchev–Trinajstić information content (AvgIpc) is 2.06. The Labute approximate surface area is 102 Å². The molecule has 1 N–H and O–H groups in total. The largest absolute Gasteiger partial charge is 0.388 e. The molecule has 0 fully saturated rings. The molecule has 1 nitrogen and oxygen atoms in total. The molecule has 0 radical (unpaired) electrons. The summed E-state index contributed by atoms with van der Waals surface area (Å²) in [6.45, 7) is 6.06. The standard InChI is InChI=1S/C11H14Br2O/c1-11(2,3)10(14)8-6-7(12)4-5-9(8)13/h4-6,10,14H,1-3H3. The van der Waals surface area contributed by atoms with Crippen LogP contribution in [0.15, 0.2) is 27.1 Å². The predicted octanol–water partition coefficient (Wildman–Crippen LogP) is 4.29. The highest BCUT2D eigenvalue weighted by Crippen LogP contribution is 2.37. The Balaban J connectivity index is 3.12. The zero-order valence-electron chi connectivity index (χ0n) is 8.51. The smallest absolute Gasteiger partial charge is 0.0849 e. The minimum absolute atomic E-state index is 0.149. The molecule has 0 amide bonds. The van der Waals surface area contributed by atoms with Gasteiger partial charge in [0.1, 0.15) is 0 Å². The van der Waals surface area contributed by atoms with Gasteiger partial charge < -0.3 is 5.11 Å². The Morgan fingerprint density at radius 1 is 1.21 bits per heavy atom. The molecule has 1 aromatic rings. The van der Waals surface area contributed by atoms with Gasteiger partial charge in [0.25, 0.3) is 0 Å². The van der Waals surface area contributed by atoms with E-state index in [4.69, 9.17) is 0 Å². The number of halogens is 2. The molecule has 1 atom stereocenters. The fourth-order valence-corrected chi connectivity index (χ4v) is 2.03. The lowest BCUT2D eigenvalue weighted by molar-refractivity contribution is 0.0620. The molecule has 0 aliphatic carbocycles. The quantitative estimate of drug-likeness (QED) is 0.818. The number of rotatable bonds is 1. The molecular formula is C11H14Br2O. The SMILES string of the molecule is CC(C)(C)C(O)c1cc(Br)ccc1Br. The van der Waals surface area contributed by atoms with Crippen LogP contribution in [0, 0.1) is 5.41 Å². The van der Waals surface area contributed by atoms with Gasteiger partial charge in [-0.05, 0) is 29.2 Å². The van der Waals surface area contributed by atoms with E-state index in [9.17, 15) is 5.11 Å². The Kier molecular flexibility index (Phi) is 3.78. The lowest BCUT2D eigenvalue weighted by atomic mass is 9.85. The van der Waals surface area contributed by atoms with Crippen molar-refractivity contribution in [2.45, 2.75) is 26.9 Å². The van der Waals surface area contributed by atoms with Crippen LogP contribution >= 0.6 is 31.9 Å². The van der Waals surface area contributed by atoms with Crippen molar-refractivity contribution in [3.8, 4) is 0 Å². The summed E-state index contributed by atoms with van der Waals surface area (Å²) in [6, 6.07) is 5.83. The third-order valence-electron chi connectivity index (χ3n) is 2.07. The molecule has 1 unspecified atom stereocenters. The van der Waals surface area contributed by atoms with E-state index in [1.165, 1.54) is 0 Å². The fraction of sp³-hybridized carbons (Fsp3) is 0.455. The highest BCUT2D eigenvalue weighted by atomic mass is 79.9. The topological polar surface area (TPSA) is 20.2 Å². The molecule has 0 aliphatic heterocycles. The second-order valence-corrected chi connectivity index (χ2v) is 6.20. The minimum atomic E-state index is -0.464. The number of aliphatic hydroxyl groups is 1. The van der Waals surface area contributed by atoms with E-state index >= 15 is 0 Å². The van der Waals surface area contributed by atoms with Gasteiger partial charge in [-0.1, -0.05) is 52.6 Å². The first-order valence-electron chi connectivity index (χ1n) is 4.45. The van der Waals surface area contributed by atoms with Crippen molar-refractivity contribution in [3.63, 3.8) is 0 Å². The summed E-state index contributed by atoms with van der Waals surface area (Å²) in [7, 11) is 0. The van der Waals surface area contributed by atoms with Gasteiger partial charge in [0.05, 0.1) is 6.10 Å². The van der Waals surface area contributed by atoms with Crippen molar-refractivity contribution in [2.75, 3.05) is 0 Å². The summed E-state index contributed by atoms with van der Waals surface area (Å²) in [4.78, 5) is 0. The van der Waals surface area contributed by atoms with Crippen molar-refractivity contribution >= 4 is 31.9 Å². The minimum Gasteiger partial charge on any atom is -0.388 e. The highest BCUT2D eigenvalue weighted by molar-refractivity contribution is 9.11. The number of hydrogen-bond donors (Lipinski definition) is 1. The van der Waals surface area contributed by atoms with Gasteiger partial charge in [-0.2, -0.15) is 0 Å². The van der Waals surface area contributed by atoms with E-state index in [1.54, 1.807) is 0 Å². The van der Waals surface area contributed by atoms with E-state index in [2.05, 4.69) is 31.9 Å². The molecule has 78 valence electrons. The summed E-state index contributed by atoms with van der Waals surface area (Å²) >= 11 is 6.84. The van der Waals surface area contributed by atoms with Crippen molar-refractivity contribution in [3.05, 3.63) is 32.7 Å². The van der Waals surface area contributed by atoms with Gasteiger partial charge in [0.15, 0.2) is 0 Å². The maximum Gasteiger partial charge on any atom is 0.0849 e. The van der Waals surface area contributed by atoms with Gasteiger partial charge in [-0.3, -0.25) is 0 Å². The van der Waals surface area contributed by atoms with E-state index in [0.717, 1.165) is 14.5 Å². The van der Waals surface area contributed by atoms with Crippen molar-refractivity contribution < 1.29 is 5.11 Å². The highest BCUT2D eigenvalue weighted by Gasteiger charge is 2.25. The second kappa shape index (κ2) is 4.33. The lowest BCUT2D eigenvalue weighted by Crippen LogP contribution is -2.18. The normalized spacial score (nSPS) is 14.1. The maximum absolute atomic E-state index is 10.1. The Morgan fingerprint density at radius 3 is 2.29 bits per heavy atom. The van der Waals surface area contributed by atoms with Crippen molar-refractivity contribution in [1.82, 2.24) is 0 Å². The van der Waals surface area contributed by atoms with E-state index < -0.39 is 6.10 Å². The van der Waals surface area contributed by atoms with Crippen LogP contribution in [0.5, 0.6) is 0 Å². The number of benzene rings is 1. The molecule has 0 saturated carbocycles. The molecule has 14 heavy (non-hydrogen) atoms. The molecular weight excluding hydrogens is 308 g/mol. The van der Waals surface area contributed by atoms with Crippen LogP contribution in [-0.4, -0.2) is 5.11 Å². The van der Waals surface area contributed by atoms with Crippen LogP contribution in [0.3, 0.4) is 0 Å². The first-order valence-corrected chi connectivity index (χ1v) is 6.04. The predicted molar refractivity (Wildman–Crippen MR) is 66.3 cm³/mol. The van der Waals surface area contributed by atoms with Gasteiger partial charge in [-0.25, -0.2) is 0 Å². The lowest BCUT2D eigenvalue weighted by Gasteiger charge is -2.27. The zero-order valence-corrected chi connectivity index (χ0v) is 11.7. The molecule has 0 spiro atoms. The first-order chi connectivity index (χ1) is 6.32. The third kappa shape index (κ3) is 2.81. The molecule has 0 saturated heterocycles. The molecule has 1 aromatic carbocycles. The summed E-state index contributed by atoms with van der Waals surface area (Å²) in [6.07, 6.45) is -0.464. The maximum atomic E-state index is 10.1. The van der Waals surface area contributed by atoms with Crippen LogP contribution in [0.25, 0.3) is 0 Å². The molecule has 3 heteroatoms. The van der Waals surface area contributed by atoms with Gasteiger partial charge >= 0.3 is 0 Å². The Morgan fingerprint density at radius 2 is 1.79 bits per heavy atom. The monoisotopic (exact) mass is 320 g/mol. The molecule has 1 rings (SSSR count). The van der Waals surface area contributed by atoms with E-state index in [1.807, 2.05) is 39.0 Å². The van der Waals surface area contributed by atoms with Crippen LogP contribution in [0.4, 0.5) is 0 Å². The van der Waals surface area contributed by atoms with Gasteiger partial charge in [-0.15, -0.1) is 0 Å². The molecule has 0 aromatic heterocycles. The van der Waals surface area contributed by atoms with Crippen LogP contribution in [0.1, 0.15) is 32.4 Å². The molecule has 0 aliphatic rings. The second-order valence-electron chi connectivity index (χ2n) is 4.43. The zero-order chi connectivity index (χ0) is 10.9. The van der Waals surface area contributed by atoms with Crippen LogP contribution in [0.2, 0.25) is 0 Å². The van der Waals surface area contributed by atoms with Crippen molar-refractivity contribution in [2.24, 2.45) is 5.41 Å². The van der Waals surface area contributed by atoms with Crippen LogP contribution in [-0.2, 0) is 0 Å². The van der Waals surface area contributed by atoms with Gasteiger partial charge in [0, 0.05) is 8.95 Å². The Bertz CT molecular complexity index is 329. The number of hydrogen-bond acceptors (Lipinski definition) is 1. The summed E-state index contributed by atoms with van der Waals surface area (Å²) in [5.41, 5.74) is 0.774. The first kappa shape index (κ1) is 12.2. The van der Waals surface area contributed by atoms with Gasteiger partial charge in [0.2, 0.25) is 0 Å². The summed E-state index contributed by atoms with van der Waals surface area (Å²) < 4.78 is 1.93. The van der Waals surface area contributed by atoms with E-state index in [-0.39, 0.29) is 5.41 Å². The summed E-state index contributed by atoms with van der Waals surface area (Å²) in [5, 5.41) is 10.1.